The van der Waals surface area contributed by atoms with Crippen LogP contribution >= 0.6 is 11.6 Å². The van der Waals surface area contributed by atoms with Crippen molar-refractivity contribution in [2.45, 2.75) is 13.3 Å². The van der Waals surface area contributed by atoms with Gasteiger partial charge < -0.3 is 4.98 Å². The molecule has 0 fully saturated rings. The molecule has 0 atom stereocenters. The van der Waals surface area contributed by atoms with Gasteiger partial charge in [0.2, 0.25) is 0 Å². The summed E-state index contributed by atoms with van der Waals surface area (Å²) in [6.45, 7) is 1.94. The molecular formula is C11H9ClN4O. The van der Waals surface area contributed by atoms with Crippen LogP contribution < -0.4 is 5.69 Å². The summed E-state index contributed by atoms with van der Waals surface area (Å²) in [7, 11) is 0. The number of H-pyrrole nitrogens is 1. The molecule has 0 aliphatic heterocycles. The third kappa shape index (κ3) is 1.51. The van der Waals surface area contributed by atoms with Gasteiger partial charge in [-0.15, -0.1) is 5.10 Å². The summed E-state index contributed by atoms with van der Waals surface area (Å²) in [4.78, 5) is 18.9. The lowest BCUT2D eigenvalue weighted by atomic mass is 10.2. The second-order valence-corrected chi connectivity index (χ2v) is 4.17. The van der Waals surface area contributed by atoms with Gasteiger partial charge in [-0.2, -0.15) is 4.52 Å². The van der Waals surface area contributed by atoms with E-state index in [1.165, 1.54) is 4.52 Å². The number of halogens is 1. The summed E-state index contributed by atoms with van der Waals surface area (Å²) in [6.07, 6.45) is 0.684. The summed E-state index contributed by atoms with van der Waals surface area (Å²) in [5.74, 6) is 0.642. The molecule has 0 amide bonds. The van der Waals surface area contributed by atoms with Gasteiger partial charge in [-0.05, 0) is 18.2 Å². The van der Waals surface area contributed by atoms with Crippen molar-refractivity contribution in [3.05, 3.63) is 39.5 Å². The van der Waals surface area contributed by atoms with Gasteiger partial charge in [0.15, 0.2) is 11.5 Å². The molecule has 0 aliphatic rings. The highest BCUT2D eigenvalue weighted by Gasteiger charge is 2.09. The first kappa shape index (κ1) is 10.3. The fraction of sp³-hybridized carbons (Fsp3) is 0.182. The van der Waals surface area contributed by atoms with E-state index < -0.39 is 0 Å². The normalized spacial score (nSPS) is 11.4. The van der Waals surface area contributed by atoms with Gasteiger partial charge in [0.05, 0.1) is 5.52 Å². The van der Waals surface area contributed by atoms with Crippen molar-refractivity contribution in [3.8, 4) is 0 Å². The molecule has 0 radical (unpaired) electrons. The van der Waals surface area contributed by atoms with Crippen LogP contribution in [0, 0.1) is 0 Å². The molecule has 0 aliphatic carbocycles. The van der Waals surface area contributed by atoms with Crippen LogP contribution in [0.1, 0.15) is 12.7 Å². The molecule has 5 nitrogen and oxygen atoms in total. The highest BCUT2D eigenvalue weighted by molar-refractivity contribution is 6.31. The van der Waals surface area contributed by atoms with Crippen molar-refractivity contribution >= 4 is 28.2 Å². The minimum Gasteiger partial charge on any atom is -0.305 e. The number of nitrogens with one attached hydrogen (secondary N) is 1. The second kappa shape index (κ2) is 3.56. The zero-order chi connectivity index (χ0) is 12.0. The summed E-state index contributed by atoms with van der Waals surface area (Å²) in [6, 6.07) is 5.27. The van der Waals surface area contributed by atoms with E-state index in [0.717, 1.165) is 5.39 Å². The molecule has 3 aromatic rings. The van der Waals surface area contributed by atoms with E-state index in [9.17, 15) is 4.79 Å². The zero-order valence-corrected chi connectivity index (χ0v) is 9.82. The Labute approximate surface area is 101 Å². The van der Waals surface area contributed by atoms with Crippen molar-refractivity contribution in [2.75, 3.05) is 0 Å². The van der Waals surface area contributed by atoms with Gasteiger partial charge >= 0.3 is 5.69 Å². The number of hydrogen-bond donors (Lipinski definition) is 1. The van der Waals surface area contributed by atoms with Gasteiger partial charge in [0, 0.05) is 16.8 Å². The van der Waals surface area contributed by atoms with Gasteiger partial charge in [-0.3, -0.25) is 0 Å². The molecule has 86 valence electrons. The van der Waals surface area contributed by atoms with Crippen LogP contribution in [0.3, 0.4) is 0 Å². The highest BCUT2D eigenvalue weighted by Crippen LogP contribution is 2.19. The molecule has 0 saturated heterocycles. The van der Waals surface area contributed by atoms with Gasteiger partial charge in [0.25, 0.3) is 0 Å². The number of aryl methyl sites for hydroxylation is 1. The van der Waals surface area contributed by atoms with Gasteiger partial charge in [-0.1, -0.05) is 18.5 Å². The molecule has 0 spiro atoms. The van der Waals surface area contributed by atoms with E-state index in [1.807, 2.05) is 6.92 Å². The van der Waals surface area contributed by atoms with E-state index in [4.69, 9.17) is 11.6 Å². The van der Waals surface area contributed by atoms with E-state index in [0.29, 0.717) is 28.4 Å². The molecule has 0 unspecified atom stereocenters. The maximum Gasteiger partial charge on any atom is 0.348 e. The van der Waals surface area contributed by atoms with Crippen LogP contribution in [0.15, 0.2) is 23.0 Å². The largest absolute Gasteiger partial charge is 0.348 e. The number of nitrogens with zero attached hydrogens (tertiary/aromatic N) is 3. The number of rotatable bonds is 1. The van der Waals surface area contributed by atoms with Crippen LogP contribution in [0.5, 0.6) is 0 Å². The molecule has 1 N–H and O–H groups in total. The monoisotopic (exact) mass is 248 g/mol. The first-order valence-electron chi connectivity index (χ1n) is 5.26. The Morgan fingerprint density at radius 3 is 3.06 bits per heavy atom. The fourth-order valence-corrected chi connectivity index (χ4v) is 1.97. The summed E-state index contributed by atoms with van der Waals surface area (Å²) < 4.78 is 1.28. The Bertz CT molecular complexity index is 774. The first-order chi connectivity index (χ1) is 8.19. The van der Waals surface area contributed by atoms with Gasteiger partial charge in [0.1, 0.15) is 0 Å². The molecule has 1 aromatic carbocycles. The highest BCUT2D eigenvalue weighted by atomic mass is 35.5. The molecule has 17 heavy (non-hydrogen) atoms. The quantitative estimate of drug-likeness (QED) is 0.714. The maximum atomic E-state index is 11.8. The molecule has 0 bridgehead atoms. The number of fused-ring (bicyclic) bond motifs is 3. The third-order valence-corrected chi connectivity index (χ3v) is 2.86. The summed E-state index contributed by atoms with van der Waals surface area (Å²) >= 11 is 5.95. The Kier molecular flexibility index (Phi) is 2.16. The maximum absolute atomic E-state index is 11.8. The smallest absolute Gasteiger partial charge is 0.305 e. The average molecular weight is 249 g/mol. The van der Waals surface area contributed by atoms with Crippen molar-refractivity contribution in [1.82, 2.24) is 19.6 Å². The minimum atomic E-state index is -0.290. The van der Waals surface area contributed by atoms with Crippen molar-refractivity contribution in [1.29, 1.82) is 0 Å². The van der Waals surface area contributed by atoms with Gasteiger partial charge in [-0.25, -0.2) is 9.78 Å². The number of aromatic nitrogens is 4. The number of hydrogen-bond acceptors (Lipinski definition) is 3. The van der Waals surface area contributed by atoms with Crippen molar-refractivity contribution < 1.29 is 0 Å². The number of aromatic amines is 1. The molecule has 0 saturated carbocycles. The molecular weight excluding hydrogens is 240 g/mol. The van der Waals surface area contributed by atoms with Crippen LogP contribution in [0.4, 0.5) is 0 Å². The lowest BCUT2D eigenvalue weighted by Crippen LogP contribution is -2.17. The Balaban J connectivity index is 2.56. The molecule has 2 aromatic heterocycles. The van der Waals surface area contributed by atoms with Crippen LogP contribution in [-0.4, -0.2) is 19.6 Å². The minimum absolute atomic E-state index is 0.290. The van der Waals surface area contributed by atoms with E-state index >= 15 is 0 Å². The molecule has 6 heteroatoms. The second-order valence-electron chi connectivity index (χ2n) is 3.74. The first-order valence-corrected chi connectivity index (χ1v) is 5.64. The zero-order valence-electron chi connectivity index (χ0n) is 9.07. The topological polar surface area (TPSA) is 63.0 Å². The molecule has 2 heterocycles. The standard InChI is InChI=1S/C11H9ClN4O/c1-2-9-14-10-7-5-6(12)3-4-8(7)13-11(17)16(10)15-9/h3-5H,2H2,1H3,(H,13,17). The fourth-order valence-electron chi connectivity index (χ4n) is 1.80. The number of benzene rings is 1. The van der Waals surface area contributed by atoms with Crippen LogP contribution in [0.2, 0.25) is 5.02 Å². The van der Waals surface area contributed by atoms with Crippen LogP contribution in [-0.2, 0) is 6.42 Å². The van der Waals surface area contributed by atoms with Crippen molar-refractivity contribution in [3.63, 3.8) is 0 Å². The third-order valence-electron chi connectivity index (χ3n) is 2.62. The lowest BCUT2D eigenvalue weighted by molar-refractivity contribution is 0.839. The van der Waals surface area contributed by atoms with E-state index in [1.54, 1.807) is 18.2 Å². The Morgan fingerprint density at radius 1 is 1.47 bits per heavy atom. The Morgan fingerprint density at radius 2 is 2.29 bits per heavy atom. The van der Waals surface area contributed by atoms with E-state index in [2.05, 4.69) is 15.1 Å². The van der Waals surface area contributed by atoms with E-state index in [-0.39, 0.29) is 5.69 Å². The SMILES string of the molecule is CCc1nc2c3cc(Cl)ccc3[nH]c(=O)n2n1. The predicted molar refractivity (Wildman–Crippen MR) is 65.5 cm³/mol. The van der Waals surface area contributed by atoms with Crippen molar-refractivity contribution in [2.24, 2.45) is 0 Å². The van der Waals surface area contributed by atoms with Crippen LogP contribution in [0.25, 0.3) is 16.6 Å². The summed E-state index contributed by atoms with van der Waals surface area (Å²) in [5, 5.41) is 5.53. The lowest BCUT2D eigenvalue weighted by Gasteiger charge is -1.99. The predicted octanol–water partition coefficient (Wildman–Crippen LogP) is 1.79. The molecule has 3 rings (SSSR count). The average Bonchev–Trinajstić information content (AvgIpc) is 2.75. The summed E-state index contributed by atoms with van der Waals surface area (Å²) in [5.41, 5.74) is 0.965. The Hall–Kier alpha value is -1.88.